The maximum atomic E-state index is 13.9. The Labute approximate surface area is 231 Å². The number of alkyl halides is 3. The summed E-state index contributed by atoms with van der Waals surface area (Å²) in [6, 6.07) is 11.1. The highest BCUT2D eigenvalue weighted by Gasteiger charge is 2.44. The van der Waals surface area contributed by atoms with Gasteiger partial charge in [-0.1, -0.05) is 51.0 Å². The minimum atomic E-state index is -4.47. The van der Waals surface area contributed by atoms with Gasteiger partial charge in [-0.2, -0.15) is 13.2 Å². The molecular weight excluding hydrogens is 523 g/mol. The zero-order valence-corrected chi connectivity index (χ0v) is 22.6. The van der Waals surface area contributed by atoms with Crippen molar-refractivity contribution in [1.29, 1.82) is 0 Å². The summed E-state index contributed by atoms with van der Waals surface area (Å²) >= 11 is 0. The molecule has 1 aliphatic carbocycles. The van der Waals surface area contributed by atoms with Crippen LogP contribution in [0.25, 0.3) is 0 Å². The van der Waals surface area contributed by atoms with Crippen LogP contribution in [0.15, 0.2) is 53.5 Å². The number of halogens is 3. The Balaban J connectivity index is 1.62. The molecule has 7 nitrogen and oxygen atoms in total. The first-order chi connectivity index (χ1) is 19.0. The topological polar surface area (TPSA) is 99.1 Å². The normalized spacial score (nSPS) is 22.1. The van der Waals surface area contributed by atoms with Gasteiger partial charge in [0.15, 0.2) is 0 Å². The van der Waals surface area contributed by atoms with Gasteiger partial charge in [0.1, 0.15) is 11.9 Å². The molecule has 10 heteroatoms. The molecule has 214 valence electrons. The van der Waals surface area contributed by atoms with E-state index in [1.165, 1.54) is 12.1 Å². The molecule has 2 aliphatic rings. The van der Waals surface area contributed by atoms with Gasteiger partial charge in [0.2, 0.25) is 0 Å². The molecule has 3 unspecified atom stereocenters. The molecule has 0 bridgehead atoms. The molecule has 0 aromatic heterocycles. The number of rotatable bonds is 9. The molecule has 2 aromatic rings. The molecule has 0 spiro atoms. The summed E-state index contributed by atoms with van der Waals surface area (Å²) < 4.78 is 39.4. The standard InChI is InChI=1S/C30H34F3N3O4/c1-3-24(19-7-9-21(10-8-19)28(39)34-16-15-25(37)38)36-27(22-6-4-5-18(2)17-22)35-26(29(36)40)20-11-13-23(14-12-20)30(31,32)33/h7-14,18,22,24,27H,3-6,15-17H2,1-2H3,(H,34,39)(H,37,38)/t18?,22?,24-,27?/m1/s1. The average Bonchev–Trinajstić information content (AvgIpc) is 3.25. The van der Waals surface area contributed by atoms with Crippen LogP contribution in [-0.4, -0.2) is 46.2 Å². The van der Waals surface area contributed by atoms with Gasteiger partial charge in [0.25, 0.3) is 11.8 Å². The summed E-state index contributed by atoms with van der Waals surface area (Å²) in [6.45, 7) is 4.16. The van der Waals surface area contributed by atoms with Crippen LogP contribution in [0.1, 0.15) is 85.5 Å². The van der Waals surface area contributed by atoms with E-state index in [4.69, 9.17) is 10.1 Å². The molecule has 2 amide bonds. The van der Waals surface area contributed by atoms with Crippen molar-refractivity contribution in [1.82, 2.24) is 10.2 Å². The van der Waals surface area contributed by atoms with Crippen LogP contribution in [0.4, 0.5) is 13.2 Å². The molecule has 2 aromatic carbocycles. The summed E-state index contributed by atoms with van der Waals surface area (Å²) in [5.74, 6) is -1.09. The minimum Gasteiger partial charge on any atom is -0.481 e. The smallest absolute Gasteiger partial charge is 0.416 e. The molecule has 1 fully saturated rings. The molecule has 1 saturated carbocycles. The second-order valence-electron chi connectivity index (χ2n) is 10.7. The molecule has 1 heterocycles. The van der Waals surface area contributed by atoms with E-state index in [2.05, 4.69) is 12.2 Å². The Bertz CT molecular complexity index is 1260. The van der Waals surface area contributed by atoms with Crippen LogP contribution in [0.3, 0.4) is 0 Å². The van der Waals surface area contributed by atoms with Gasteiger partial charge in [0, 0.05) is 23.6 Å². The maximum Gasteiger partial charge on any atom is 0.416 e. The first-order valence-electron chi connectivity index (χ1n) is 13.7. The number of amides is 2. The Morgan fingerprint density at radius 1 is 1.10 bits per heavy atom. The van der Waals surface area contributed by atoms with Crippen LogP contribution in [0.2, 0.25) is 0 Å². The molecule has 2 N–H and O–H groups in total. The van der Waals surface area contributed by atoms with E-state index in [9.17, 15) is 27.6 Å². The van der Waals surface area contributed by atoms with Crippen molar-refractivity contribution < 1.29 is 32.7 Å². The van der Waals surface area contributed by atoms with Gasteiger partial charge in [-0.05, 0) is 55.0 Å². The quantitative estimate of drug-likeness (QED) is 0.404. The van der Waals surface area contributed by atoms with Crippen molar-refractivity contribution in [2.24, 2.45) is 16.8 Å². The number of carbonyl (C=O) groups excluding carboxylic acids is 2. The van der Waals surface area contributed by atoms with Gasteiger partial charge >= 0.3 is 12.1 Å². The Hall–Kier alpha value is -3.69. The highest BCUT2D eigenvalue weighted by atomic mass is 19.4. The Morgan fingerprint density at radius 2 is 1.77 bits per heavy atom. The lowest BCUT2D eigenvalue weighted by Crippen LogP contribution is -2.43. The number of carbonyl (C=O) groups is 3. The second kappa shape index (κ2) is 12.2. The van der Waals surface area contributed by atoms with E-state index in [0.717, 1.165) is 43.4 Å². The van der Waals surface area contributed by atoms with Gasteiger partial charge in [-0.3, -0.25) is 19.4 Å². The fourth-order valence-corrected chi connectivity index (χ4v) is 5.75. The first kappa shape index (κ1) is 29.3. The lowest BCUT2D eigenvalue weighted by atomic mass is 9.80. The number of hydrogen-bond donors (Lipinski definition) is 2. The highest BCUT2D eigenvalue weighted by Crippen LogP contribution is 2.40. The first-order valence-corrected chi connectivity index (χ1v) is 13.7. The number of carboxylic acid groups (broad SMARTS) is 1. The lowest BCUT2D eigenvalue weighted by Gasteiger charge is -2.38. The van der Waals surface area contributed by atoms with Crippen molar-refractivity contribution in [2.45, 2.75) is 70.8 Å². The SMILES string of the molecule is CC[C@H](c1ccc(C(=O)NCCC(=O)O)cc1)N1C(=O)C(c2ccc(C(F)(F)F)cc2)=NC1C1CCCC(C)C1. The summed E-state index contributed by atoms with van der Waals surface area (Å²) in [5, 5.41) is 11.3. The van der Waals surface area contributed by atoms with E-state index in [1.54, 1.807) is 29.2 Å². The number of hydrogen-bond acceptors (Lipinski definition) is 4. The summed E-state index contributed by atoms with van der Waals surface area (Å²) in [4.78, 5) is 43.7. The predicted octanol–water partition coefficient (Wildman–Crippen LogP) is 5.84. The van der Waals surface area contributed by atoms with Crippen LogP contribution >= 0.6 is 0 Å². The average molecular weight is 558 g/mol. The molecule has 40 heavy (non-hydrogen) atoms. The largest absolute Gasteiger partial charge is 0.481 e. The Morgan fingerprint density at radius 3 is 2.35 bits per heavy atom. The summed E-state index contributed by atoms with van der Waals surface area (Å²) in [6.07, 6.45) is -0.557. The fourth-order valence-electron chi connectivity index (χ4n) is 5.75. The van der Waals surface area contributed by atoms with Gasteiger partial charge in [-0.15, -0.1) is 0 Å². The second-order valence-corrected chi connectivity index (χ2v) is 10.7. The number of aliphatic carboxylic acids is 1. The summed E-state index contributed by atoms with van der Waals surface area (Å²) in [7, 11) is 0. The molecule has 0 radical (unpaired) electrons. The van der Waals surface area contributed by atoms with Crippen molar-refractivity contribution in [3.05, 3.63) is 70.8 Å². The van der Waals surface area contributed by atoms with Gasteiger partial charge in [-0.25, -0.2) is 0 Å². The van der Waals surface area contributed by atoms with E-state index in [-0.39, 0.29) is 42.5 Å². The van der Waals surface area contributed by atoms with Crippen LogP contribution in [-0.2, 0) is 15.8 Å². The molecule has 1 aliphatic heterocycles. The van der Waals surface area contributed by atoms with Crippen molar-refractivity contribution in [3.63, 3.8) is 0 Å². The van der Waals surface area contributed by atoms with E-state index in [0.29, 0.717) is 23.5 Å². The van der Waals surface area contributed by atoms with Crippen LogP contribution in [0, 0.1) is 11.8 Å². The van der Waals surface area contributed by atoms with E-state index in [1.807, 2.05) is 6.92 Å². The lowest BCUT2D eigenvalue weighted by molar-refractivity contribution is -0.138. The zero-order valence-electron chi connectivity index (χ0n) is 22.6. The van der Waals surface area contributed by atoms with E-state index < -0.39 is 23.9 Å². The number of nitrogens with one attached hydrogen (secondary N) is 1. The number of carboxylic acids is 1. The third-order valence-electron chi connectivity index (χ3n) is 7.77. The molecule has 4 rings (SSSR count). The molecule has 4 atom stereocenters. The number of nitrogens with zero attached hydrogens (tertiary/aromatic N) is 2. The minimum absolute atomic E-state index is 0.0152. The van der Waals surface area contributed by atoms with E-state index >= 15 is 0 Å². The van der Waals surface area contributed by atoms with Crippen LogP contribution in [0.5, 0.6) is 0 Å². The predicted molar refractivity (Wildman–Crippen MR) is 144 cm³/mol. The van der Waals surface area contributed by atoms with Gasteiger partial charge < -0.3 is 15.3 Å². The number of aliphatic imine (C=N–C) groups is 1. The fraction of sp³-hybridized carbons (Fsp3) is 0.467. The molecular formula is C30H34F3N3O4. The monoisotopic (exact) mass is 557 g/mol. The van der Waals surface area contributed by atoms with Crippen molar-refractivity contribution in [3.8, 4) is 0 Å². The Kier molecular flexibility index (Phi) is 8.95. The van der Waals surface area contributed by atoms with Crippen molar-refractivity contribution in [2.75, 3.05) is 6.54 Å². The van der Waals surface area contributed by atoms with Crippen molar-refractivity contribution >= 4 is 23.5 Å². The third kappa shape index (κ3) is 6.54. The molecule has 0 saturated heterocycles. The number of benzene rings is 2. The summed E-state index contributed by atoms with van der Waals surface area (Å²) in [5.41, 5.74) is 0.935. The zero-order chi connectivity index (χ0) is 29.0. The van der Waals surface area contributed by atoms with Crippen LogP contribution < -0.4 is 5.32 Å². The maximum absolute atomic E-state index is 13.9. The third-order valence-corrected chi connectivity index (χ3v) is 7.77. The van der Waals surface area contributed by atoms with Gasteiger partial charge in [0.05, 0.1) is 18.0 Å². The highest BCUT2D eigenvalue weighted by molar-refractivity contribution is 6.46.